The van der Waals surface area contributed by atoms with Crippen molar-refractivity contribution in [1.29, 1.82) is 0 Å². The Morgan fingerprint density at radius 1 is 1.33 bits per heavy atom. The number of carbonyl (C=O) groups excluding carboxylic acids is 1. The Hall–Kier alpha value is -0.910. The molecule has 0 bridgehead atoms. The lowest BCUT2D eigenvalue weighted by molar-refractivity contribution is -0.131. The van der Waals surface area contributed by atoms with E-state index in [4.69, 9.17) is 0 Å². The minimum Gasteiger partial charge on any atom is -0.338 e. The quantitative estimate of drug-likeness (QED) is 0.825. The predicted octanol–water partition coefficient (Wildman–Crippen LogP) is 1.53. The van der Waals surface area contributed by atoms with Crippen molar-refractivity contribution in [1.82, 2.24) is 14.7 Å². The van der Waals surface area contributed by atoms with Gasteiger partial charge in [0.05, 0.1) is 6.42 Å². The molecule has 3 rings (SSSR count). The molecular weight excluding hydrogens is 282 g/mol. The molecule has 116 valence electrons. The Morgan fingerprint density at radius 2 is 2.14 bits per heavy atom. The van der Waals surface area contributed by atoms with Crippen molar-refractivity contribution in [2.45, 2.75) is 31.3 Å². The van der Waals surface area contributed by atoms with Crippen LogP contribution in [0, 0.1) is 0 Å². The maximum absolute atomic E-state index is 12.5. The van der Waals surface area contributed by atoms with Gasteiger partial charge in [0, 0.05) is 43.1 Å². The van der Waals surface area contributed by atoms with Crippen LogP contribution in [-0.4, -0.2) is 73.0 Å². The number of nitrogens with zero attached hydrogens (tertiary/aromatic N) is 3. The highest BCUT2D eigenvalue weighted by molar-refractivity contribution is 7.10. The molecule has 5 heteroatoms. The van der Waals surface area contributed by atoms with Crippen LogP contribution in [0.3, 0.4) is 0 Å². The molecule has 2 saturated heterocycles. The summed E-state index contributed by atoms with van der Waals surface area (Å²) in [5.74, 6) is 0.319. The largest absolute Gasteiger partial charge is 0.338 e. The molecule has 0 N–H and O–H groups in total. The van der Waals surface area contributed by atoms with Gasteiger partial charge in [-0.25, -0.2) is 0 Å². The normalized spacial score (nSPS) is 25.8. The van der Waals surface area contributed by atoms with Crippen molar-refractivity contribution in [2.75, 3.05) is 40.3 Å². The Labute approximate surface area is 131 Å². The molecule has 1 amide bonds. The summed E-state index contributed by atoms with van der Waals surface area (Å²) in [6.07, 6.45) is 2.88. The van der Waals surface area contributed by atoms with Gasteiger partial charge in [-0.3, -0.25) is 9.69 Å². The Balaban J connectivity index is 1.57. The molecule has 0 saturated carbocycles. The fourth-order valence-corrected chi connectivity index (χ4v) is 4.35. The summed E-state index contributed by atoms with van der Waals surface area (Å²) in [5.41, 5.74) is 0. The van der Waals surface area contributed by atoms with Crippen molar-refractivity contribution in [2.24, 2.45) is 0 Å². The SMILES string of the molecule is CN(C)CCN1CC[C@@H]2[C@H]1CCN2C(=O)Cc1cccs1. The smallest absolute Gasteiger partial charge is 0.228 e. The minimum atomic E-state index is 0.319. The van der Waals surface area contributed by atoms with Gasteiger partial charge in [-0.05, 0) is 38.4 Å². The number of likely N-dealkylation sites (N-methyl/N-ethyl adjacent to an activating group) is 1. The number of rotatable bonds is 5. The second kappa shape index (κ2) is 6.46. The van der Waals surface area contributed by atoms with Gasteiger partial charge in [-0.2, -0.15) is 0 Å². The highest BCUT2D eigenvalue weighted by Crippen LogP contribution is 2.32. The third-order valence-corrected chi connectivity index (χ3v) is 5.63. The van der Waals surface area contributed by atoms with Gasteiger partial charge in [-0.15, -0.1) is 11.3 Å². The van der Waals surface area contributed by atoms with Crippen LogP contribution in [0.15, 0.2) is 17.5 Å². The lowest BCUT2D eigenvalue weighted by Crippen LogP contribution is -2.41. The Morgan fingerprint density at radius 3 is 2.86 bits per heavy atom. The first-order chi connectivity index (χ1) is 10.1. The molecular formula is C16H25N3OS. The third kappa shape index (κ3) is 3.30. The number of hydrogen-bond donors (Lipinski definition) is 0. The van der Waals surface area contributed by atoms with Gasteiger partial charge in [-0.1, -0.05) is 6.07 Å². The Kier molecular flexibility index (Phi) is 4.62. The maximum Gasteiger partial charge on any atom is 0.228 e. The average Bonchev–Trinajstić information content (AvgIpc) is 3.13. The summed E-state index contributed by atoms with van der Waals surface area (Å²) in [4.78, 5) is 20.7. The van der Waals surface area contributed by atoms with Gasteiger partial charge in [0.1, 0.15) is 0 Å². The zero-order chi connectivity index (χ0) is 14.8. The van der Waals surface area contributed by atoms with Crippen LogP contribution in [0.2, 0.25) is 0 Å². The second-order valence-electron chi connectivity index (χ2n) is 6.39. The topological polar surface area (TPSA) is 26.8 Å². The number of amides is 1. The molecule has 0 unspecified atom stereocenters. The second-order valence-corrected chi connectivity index (χ2v) is 7.43. The van der Waals surface area contributed by atoms with E-state index in [1.165, 1.54) is 4.88 Å². The first kappa shape index (κ1) is 15.0. The summed E-state index contributed by atoms with van der Waals surface area (Å²) < 4.78 is 0. The number of likely N-dealkylation sites (tertiary alicyclic amines) is 2. The van der Waals surface area contributed by atoms with E-state index in [0.29, 0.717) is 24.4 Å². The standard InChI is InChI=1S/C16H25N3OS/c1-17(2)9-10-18-7-5-15-14(18)6-8-19(15)16(20)12-13-4-3-11-21-13/h3-4,11,14-15H,5-10,12H2,1-2H3/t14-,15-/m1/s1. The van der Waals surface area contributed by atoms with E-state index in [1.54, 1.807) is 11.3 Å². The molecule has 3 heterocycles. The van der Waals surface area contributed by atoms with Crippen LogP contribution in [0.5, 0.6) is 0 Å². The van der Waals surface area contributed by atoms with Gasteiger partial charge in [0.25, 0.3) is 0 Å². The number of carbonyl (C=O) groups is 1. The van der Waals surface area contributed by atoms with E-state index in [-0.39, 0.29) is 0 Å². The molecule has 21 heavy (non-hydrogen) atoms. The average molecular weight is 307 g/mol. The molecule has 1 aromatic heterocycles. The highest BCUT2D eigenvalue weighted by Gasteiger charge is 2.43. The van der Waals surface area contributed by atoms with Crippen LogP contribution >= 0.6 is 11.3 Å². The zero-order valence-corrected chi connectivity index (χ0v) is 13.8. The van der Waals surface area contributed by atoms with Crippen LogP contribution in [0.4, 0.5) is 0 Å². The van der Waals surface area contributed by atoms with Gasteiger partial charge < -0.3 is 9.80 Å². The molecule has 2 fully saturated rings. The molecule has 2 aliphatic rings. The fraction of sp³-hybridized carbons (Fsp3) is 0.688. The summed E-state index contributed by atoms with van der Waals surface area (Å²) >= 11 is 1.68. The van der Waals surface area contributed by atoms with E-state index in [0.717, 1.165) is 39.0 Å². The Bertz CT molecular complexity index is 474. The van der Waals surface area contributed by atoms with E-state index in [1.807, 2.05) is 11.4 Å². The minimum absolute atomic E-state index is 0.319. The molecule has 2 aliphatic heterocycles. The molecule has 0 aromatic carbocycles. The molecule has 1 aromatic rings. The van der Waals surface area contributed by atoms with Crippen LogP contribution in [0.1, 0.15) is 17.7 Å². The summed E-state index contributed by atoms with van der Waals surface area (Å²) in [7, 11) is 4.25. The lowest BCUT2D eigenvalue weighted by atomic mass is 10.1. The monoisotopic (exact) mass is 307 g/mol. The first-order valence-electron chi connectivity index (χ1n) is 7.86. The molecule has 0 aliphatic carbocycles. The van der Waals surface area contributed by atoms with Gasteiger partial charge in [0.15, 0.2) is 0 Å². The number of hydrogen-bond acceptors (Lipinski definition) is 4. The van der Waals surface area contributed by atoms with Crippen LogP contribution < -0.4 is 0 Å². The maximum atomic E-state index is 12.5. The fourth-order valence-electron chi connectivity index (χ4n) is 3.65. The van der Waals surface area contributed by atoms with E-state index >= 15 is 0 Å². The van der Waals surface area contributed by atoms with Crippen molar-refractivity contribution >= 4 is 17.2 Å². The van der Waals surface area contributed by atoms with Crippen molar-refractivity contribution in [3.63, 3.8) is 0 Å². The summed E-state index contributed by atoms with van der Waals surface area (Å²) in [6, 6.07) is 5.14. The number of fused-ring (bicyclic) bond motifs is 1. The highest BCUT2D eigenvalue weighted by atomic mass is 32.1. The van der Waals surface area contributed by atoms with Crippen molar-refractivity contribution in [3.8, 4) is 0 Å². The first-order valence-corrected chi connectivity index (χ1v) is 8.74. The molecule has 2 atom stereocenters. The zero-order valence-electron chi connectivity index (χ0n) is 13.0. The van der Waals surface area contributed by atoms with Crippen molar-refractivity contribution in [3.05, 3.63) is 22.4 Å². The van der Waals surface area contributed by atoms with Gasteiger partial charge in [0.2, 0.25) is 5.91 Å². The van der Waals surface area contributed by atoms with E-state index in [2.05, 4.69) is 34.9 Å². The summed E-state index contributed by atoms with van der Waals surface area (Å²) in [6.45, 7) is 4.32. The summed E-state index contributed by atoms with van der Waals surface area (Å²) in [5, 5.41) is 2.05. The third-order valence-electron chi connectivity index (χ3n) is 4.75. The molecule has 0 spiro atoms. The van der Waals surface area contributed by atoms with Crippen molar-refractivity contribution < 1.29 is 4.79 Å². The predicted molar refractivity (Wildman–Crippen MR) is 86.7 cm³/mol. The van der Waals surface area contributed by atoms with E-state index in [9.17, 15) is 4.79 Å². The number of thiophene rings is 1. The molecule has 0 radical (unpaired) electrons. The molecule has 4 nitrogen and oxygen atoms in total. The van der Waals surface area contributed by atoms with Crippen LogP contribution in [-0.2, 0) is 11.2 Å². The van der Waals surface area contributed by atoms with E-state index < -0.39 is 0 Å². The lowest BCUT2D eigenvalue weighted by Gasteiger charge is -2.26. The van der Waals surface area contributed by atoms with Gasteiger partial charge >= 0.3 is 0 Å². The van der Waals surface area contributed by atoms with Crippen LogP contribution in [0.25, 0.3) is 0 Å².